The lowest BCUT2D eigenvalue weighted by molar-refractivity contribution is -0.140. The van der Waals surface area contributed by atoms with Crippen LogP contribution in [0, 0.1) is 0 Å². The normalized spacial score (nSPS) is 22.4. The number of rotatable bonds is 5. The first-order chi connectivity index (χ1) is 13.5. The number of benzene rings is 1. The van der Waals surface area contributed by atoms with Gasteiger partial charge in [-0.25, -0.2) is 0 Å². The number of thiocarbonyl (C=S) groups is 1. The highest BCUT2D eigenvalue weighted by molar-refractivity contribution is 8.26. The van der Waals surface area contributed by atoms with Gasteiger partial charge in [-0.3, -0.25) is 14.5 Å². The number of anilines is 1. The molecule has 2 aliphatic heterocycles. The van der Waals surface area contributed by atoms with Crippen molar-refractivity contribution < 1.29 is 14.7 Å². The number of thioether (sulfide) groups is 1. The van der Waals surface area contributed by atoms with E-state index >= 15 is 0 Å². The SMILES string of the molecule is CCCN1c2cc(Cl)c(/C=C3\SC(=S)N(CC(=O)O)C3=O)cc2C(C)CC1(C)C. The summed E-state index contributed by atoms with van der Waals surface area (Å²) in [5.74, 6) is -1.13. The zero-order valence-electron chi connectivity index (χ0n) is 17.0. The third-order valence-corrected chi connectivity index (χ3v) is 7.11. The van der Waals surface area contributed by atoms with E-state index in [1.807, 2.05) is 6.07 Å². The van der Waals surface area contributed by atoms with E-state index in [0.717, 1.165) is 47.3 Å². The molecule has 156 valence electrons. The summed E-state index contributed by atoms with van der Waals surface area (Å²) in [6.07, 6.45) is 3.80. The van der Waals surface area contributed by atoms with Gasteiger partial charge in [0.2, 0.25) is 0 Å². The first kappa shape index (κ1) is 22.1. The molecule has 8 heteroatoms. The van der Waals surface area contributed by atoms with Gasteiger partial charge >= 0.3 is 5.97 Å². The molecule has 2 heterocycles. The Labute approximate surface area is 186 Å². The molecular formula is C21H25ClN2O3S2. The maximum atomic E-state index is 12.6. The highest BCUT2D eigenvalue weighted by Gasteiger charge is 2.37. The van der Waals surface area contributed by atoms with Crippen molar-refractivity contribution in [3.63, 3.8) is 0 Å². The number of carboxylic acids is 1. The van der Waals surface area contributed by atoms with Gasteiger partial charge in [0.1, 0.15) is 10.9 Å². The second-order valence-corrected chi connectivity index (χ2v) is 10.2. The Morgan fingerprint density at radius 3 is 2.76 bits per heavy atom. The van der Waals surface area contributed by atoms with Gasteiger partial charge in [-0.05, 0) is 61.9 Å². The Morgan fingerprint density at radius 2 is 2.14 bits per heavy atom. The van der Waals surface area contributed by atoms with Crippen molar-refractivity contribution in [3.8, 4) is 0 Å². The van der Waals surface area contributed by atoms with Crippen molar-refractivity contribution in [1.82, 2.24) is 4.90 Å². The third kappa shape index (κ3) is 4.32. The molecule has 1 N–H and O–H groups in total. The van der Waals surface area contributed by atoms with Crippen LogP contribution in [0.15, 0.2) is 17.0 Å². The molecule has 1 saturated heterocycles. The molecule has 5 nitrogen and oxygen atoms in total. The van der Waals surface area contributed by atoms with E-state index in [2.05, 4.69) is 38.7 Å². The molecule has 0 aliphatic carbocycles. The number of fused-ring (bicyclic) bond motifs is 1. The van der Waals surface area contributed by atoms with Crippen LogP contribution in [0.1, 0.15) is 57.6 Å². The van der Waals surface area contributed by atoms with Crippen LogP contribution in [0.2, 0.25) is 5.02 Å². The molecule has 1 aromatic rings. The van der Waals surface area contributed by atoms with Crippen LogP contribution < -0.4 is 4.90 Å². The molecule has 2 aliphatic rings. The van der Waals surface area contributed by atoms with Gasteiger partial charge < -0.3 is 10.0 Å². The first-order valence-corrected chi connectivity index (χ1v) is 11.2. The van der Waals surface area contributed by atoms with E-state index in [0.29, 0.717) is 15.8 Å². The van der Waals surface area contributed by atoms with Crippen molar-refractivity contribution in [1.29, 1.82) is 0 Å². The molecule has 1 aromatic carbocycles. The molecule has 1 unspecified atom stereocenters. The number of halogens is 1. The minimum atomic E-state index is -1.10. The molecule has 1 atom stereocenters. The van der Waals surface area contributed by atoms with E-state index in [1.54, 1.807) is 6.08 Å². The Bertz CT molecular complexity index is 913. The Hall–Kier alpha value is -1.57. The number of carboxylic acid groups (broad SMARTS) is 1. The fraction of sp³-hybridized carbons (Fsp3) is 0.476. The molecule has 0 radical (unpaired) electrons. The summed E-state index contributed by atoms with van der Waals surface area (Å²) in [5, 5.41) is 9.56. The van der Waals surface area contributed by atoms with E-state index < -0.39 is 18.4 Å². The lowest BCUT2D eigenvalue weighted by Crippen LogP contribution is -2.48. The Morgan fingerprint density at radius 1 is 1.45 bits per heavy atom. The number of hydrogen-bond donors (Lipinski definition) is 1. The molecule has 1 fully saturated rings. The van der Waals surface area contributed by atoms with Gasteiger partial charge in [0.15, 0.2) is 0 Å². The van der Waals surface area contributed by atoms with E-state index in [-0.39, 0.29) is 9.86 Å². The molecule has 29 heavy (non-hydrogen) atoms. The maximum Gasteiger partial charge on any atom is 0.323 e. The minimum absolute atomic E-state index is 0.0481. The van der Waals surface area contributed by atoms with Crippen molar-refractivity contribution in [2.75, 3.05) is 18.0 Å². The predicted octanol–water partition coefficient (Wildman–Crippen LogP) is 5.13. The standard InChI is InChI=1S/C21H25ClN2O3S2/c1-5-6-24-16-9-15(22)13(7-14(16)12(2)10-21(24,3)4)8-17-19(27)23(11-18(25)26)20(28)29-17/h7-9,12H,5-6,10-11H2,1-4H3,(H,25,26)/b17-8-. The summed E-state index contributed by atoms with van der Waals surface area (Å²) in [6.45, 7) is 9.43. The van der Waals surface area contributed by atoms with E-state index in [4.69, 9.17) is 28.9 Å². The number of carbonyl (C=O) groups excluding carboxylic acids is 1. The number of hydrogen-bond acceptors (Lipinski definition) is 5. The van der Waals surface area contributed by atoms with Crippen LogP contribution >= 0.6 is 35.6 Å². The van der Waals surface area contributed by atoms with Gasteiger partial charge in [0.25, 0.3) is 5.91 Å². The van der Waals surface area contributed by atoms with Crippen LogP contribution in [-0.4, -0.2) is 44.8 Å². The highest BCUT2D eigenvalue weighted by Crippen LogP contribution is 2.46. The fourth-order valence-electron chi connectivity index (χ4n) is 4.19. The zero-order chi connectivity index (χ0) is 21.5. The van der Waals surface area contributed by atoms with Gasteiger partial charge in [-0.15, -0.1) is 0 Å². The third-order valence-electron chi connectivity index (χ3n) is 5.40. The van der Waals surface area contributed by atoms with Gasteiger partial charge in [0.05, 0.1) is 4.91 Å². The average Bonchev–Trinajstić information content (AvgIpc) is 2.86. The summed E-state index contributed by atoms with van der Waals surface area (Å²) in [4.78, 5) is 27.5. The maximum absolute atomic E-state index is 12.6. The molecule has 3 rings (SSSR count). The topological polar surface area (TPSA) is 60.9 Å². The summed E-state index contributed by atoms with van der Waals surface area (Å²) in [5.41, 5.74) is 3.17. The number of aliphatic carboxylic acids is 1. The molecule has 0 aromatic heterocycles. The summed E-state index contributed by atoms with van der Waals surface area (Å²) >= 11 is 12.9. The fourth-order valence-corrected chi connectivity index (χ4v) is 5.65. The quantitative estimate of drug-likeness (QED) is 0.493. The minimum Gasteiger partial charge on any atom is -0.480 e. The second kappa shape index (κ2) is 8.28. The second-order valence-electron chi connectivity index (χ2n) is 8.16. The van der Waals surface area contributed by atoms with Crippen LogP contribution in [0.3, 0.4) is 0 Å². The number of amides is 1. The smallest absolute Gasteiger partial charge is 0.323 e. The molecule has 1 amide bonds. The summed E-state index contributed by atoms with van der Waals surface area (Å²) < 4.78 is 0.252. The number of nitrogens with zero attached hydrogens (tertiary/aromatic N) is 2. The van der Waals surface area contributed by atoms with Gasteiger partial charge in [-0.2, -0.15) is 0 Å². The van der Waals surface area contributed by atoms with Crippen molar-refractivity contribution in [2.24, 2.45) is 0 Å². The lowest BCUT2D eigenvalue weighted by atomic mass is 9.79. The first-order valence-electron chi connectivity index (χ1n) is 9.63. The average molecular weight is 453 g/mol. The van der Waals surface area contributed by atoms with Crippen LogP contribution in [0.5, 0.6) is 0 Å². The van der Waals surface area contributed by atoms with Crippen LogP contribution in [0.4, 0.5) is 5.69 Å². The van der Waals surface area contributed by atoms with Gasteiger partial charge in [0, 0.05) is 22.8 Å². The monoisotopic (exact) mass is 452 g/mol. The largest absolute Gasteiger partial charge is 0.480 e. The lowest BCUT2D eigenvalue weighted by Gasteiger charge is -2.47. The molecular weight excluding hydrogens is 428 g/mol. The van der Waals surface area contributed by atoms with Gasteiger partial charge in [-0.1, -0.05) is 49.4 Å². The predicted molar refractivity (Wildman–Crippen MR) is 124 cm³/mol. The van der Waals surface area contributed by atoms with Crippen LogP contribution in [-0.2, 0) is 9.59 Å². The van der Waals surface area contributed by atoms with E-state index in [1.165, 1.54) is 5.56 Å². The van der Waals surface area contributed by atoms with Crippen molar-refractivity contribution in [3.05, 3.63) is 33.2 Å². The highest BCUT2D eigenvalue weighted by atomic mass is 35.5. The van der Waals surface area contributed by atoms with Crippen molar-refractivity contribution in [2.45, 2.75) is 52.0 Å². The Balaban J connectivity index is 2.00. The Kier molecular flexibility index (Phi) is 6.32. The molecule has 0 bridgehead atoms. The van der Waals surface area contributed by atoms with E-state index in [9.17, 15) is 9.59 Å². The summed E-state index contributed by atoms with van der Waals surface area (Å²) in [6, 6.07) is 4.05. The summed E-state index contributed by atoms with van der Waals surface area (Å²) in [7, 11) is 0. The molecule has 0 saturated carbocycles. The van der Waals surface area contributed by atoms with Crippen LogP contribution in [0.25, 0.3) is 6.08 Å². The zero-order valence-corrected chi connectivity index (χ0v) is 19.4. The van der Waals surface area contributed by atoms with Crippen molar-refractivity contribution >= 4 is 63.5 Å². The molecule has 0 spiro atoms. The number of carbonyl (C=O) groups is 2.